The normalized spacial score (nSPS) is 29.6. The molecule has 0 aromatic carbocycles. The van der Waals surface area contributed by atoms with Crippen molar-refractivity contribution < 1.29 is 4.74 Å². The Labute approximate surface area is 118 Å². The highest BCUT2D eigenvalue weighted by atomic mass is 16.5. The monoisotopic (exact) mass is 272 g/mol. The molecule has 2 aromatic heterocycles. The van der Waals surface area contributed by atoms with Crippen molar-refractivity contribution in [3.8, 4) is 5.88 Å². The van der Waals surface area contributed by atoms with Crippen molar-refractivity contribution in [2.45, 2.75) is 44.2 Å². The van der Waals surface area contributed by atoms with Gasteiger partial charge < -0.3 is 15.0 Å². The van der Waals surface area contributed by atoms with Crippen LogP contribution in [0.5, 0.6) is 5.88 Å². The molecule has 1 saturated carbocycles. The van der Waals surface area contributed by atoms with E-state index in [0.717, 1.165) is 22.9 Å². The Balaban J connectivity index is 1.62. The van der Waals surface area contributed by atoms with Gasteiger partial charge in [-0.05, 0) is 31.2 Å². The molecule has 2 fully saturated rings. The molecule has 4 rings (SSSR count). The van der Waals surface area contributed by atoms with Gasteiger partial charge in [0.05, 0.1) is 18.7 Å². The molecule has 2 aromatic rings. The summed E-state index contributed by atoms with van der Waals surface area (Å²) in [5.41, 5.74) is 1.73. The summed E-state index contributed by atoms with van der Waals surface area (Å²) in [4.78, 5) is 12.4. The maximum atomic E-state index is 5.15. The van der Waals surface area contributed by atoms with E-state index in [1.54, 1.807) is 7.11 Å². The number of hydrogen-bond acceptors (Lipinski definition) is 4. The highest BCUT2D eigenvalue weighted by molar-refractivity contribution is 5.71. The summed E-state index contributed by atoms with van der Waals surface area (Å²) < 4.78 is 5.15. The van der Waals surface area contributed by atoms with Crippen LogP contribution in [0, 0.1) is 5.92 Å². The molecular formula is C15H20N4O. The van der Waals surface area contributed by atoms with E-state index in [2.05, 4.69) is 20.3 Å². The first-order chi connectivity index (χ1) is 9.83. The quantitative estimate of drug-likeness (QED) is 0.882. The number of pyridine rings is 1. The molecule has 0 amide bonds. The van der Waals surface area contributed by atoms with Crippen LogP contribution < -0.4 is 10.1 Å². The second kappa shape index (κ2) is 4.74. The van der Waals surface area contributed by atoms with Crippen LogP contribution in [-0.4, -0.2) is 28.1 Å². The third-order valence-corrected chi connectivity index (χ3v) is 4.74. The molecular weight excluding hydrogens is 252 g/mol. The zero-order valence-electron chi connectivity index (χ0n) is 11.7. The number of imidazole rings is 1. The first-order valence-corrected chi connectivity index (χ1v) is 7.50. The van der Waals surface area contributed by atoms with Crippen LogP contribution in [0.4, 0.5) is 0 Å². The van der Waals surface area contributed by atoms with Crippen LogP contribution in [0.3, 0.4) is 0 Å². The number of hydrogen-bond donors (Lipinski definition) is 2. The zero-order valence-corrected chi connectivity index (χ0v) is 11.7. The van der Waals surface area contributed by atoms with Crippen molar-refractivity contribution >= 4 is 11.2 Å². The molecule has 2 aliphatic rings. The van der Waals surface area contributed by atoms with Gasteiger partial charge >= 0.3 is 0 Å². The molecule has 0 spiro atoms. The minimum atomic E-state index is 0.350. The van der Waals surface area contributed by atoms with E-state index in [1.165, 1.54) is 32.1 Å². The first kappa shape index (κ1) is 12.1. The summed E-state index contributed by atoms with van der Waals surface area (Å²) >= 11 is 0. The fourth-order valence-corrected chi connectivity index (χ4v) is 3.70. The number of methoxy groups -OCH3 is 1. The maximum Gasteiger partial charge on any atom is 0.215 e. The van der Waals surface area contributed by atoms with Crippen molar-refractivity contribution in [2.24, 2.45) is 5.92 Å². The standard InChI is InChI=1S/C15H20N4O/c1-20-13-7-6-11-14(18-13)19-15(17-11)12-8-9-4-2-3-5-10(9)16-12/h6-7,9-10,12,16H,2-5,8H2,1H3,(H,17,18,19). The average molecular weight is 272 g/mol. The lowest BCUT2D eigenvalue weighted by molar-refractivity contribution is 0.325. The van der Waals surface area contributed by atoms with Crippen molar-refractivity contribution in [2.75, 3.05) is 7.11 Å². The predicted octanol–water partition coefficient (Wildman–Crippen LogP) is 2.56. The van der Waals surface area contributed by atoms with Gasteiger partial charge in [-0.2, -0.15) is 4.98 Å². The largest absolute Gasteiger partial charge is 0.481 e. The molecule has 1 aliphatic heterocycles. The van der Waals surface area contributed by atoms with Gasteiger partial charge in [0.25, 0.3) is 0 Å². The molecule has 1 aliphatic carbocycles. The summed E-state index contributed by atoms with van der Waals surface area (Å²) in [6.45, 7) is 0. The Bertz CT molecular complexity index is 609. The van der Waals surface area contributed by atoms with Crippen molar-refractivity contribution in [3.63, 3.8) is 0 Å². The summed E-state index contributed by atoms with van der Waals surface area (Å²) in [6, 6.07) is 4.89. The van der Waals surface area contributed by atoms with Crippen molar-refractivity contribution in [3.05, 3.63) is 18.0 Å². The fourth-order valence-electron chi connectivity index (χ4n) is 3.70. The van der Waals surface area contributed by atoms with Crippen LogP contribution in [0.1, 0.15) is 44.0 Å². The molecule has 3 unspecified atom stereocenters. The van der Waals surface area contributed by atoms with Gasteiger partial charge in [0.1, 0.15) is 5.82 Å². The van der Waals surface area contributed by atoms with Gasteiger partial charge in [-0.3, -0.25) is 0 Å². The van der Waals surface area contributed by atoms with Crippen LogP contribution in [0.25, 0.3) is 11.2 Å². The Morgan fingerprint density at radius 1 is 1.20 bits per heavy atom. The van der Waals surface area contributed by atoms with Crippen LogP contribution >= 0.6 is 0 Å². The Kier molecular flexibility index (Phi) is 2.88. The minimum absolute atomic E-state index is 0.350. The molecule has 1 saturated heterocycles. The number of H-pyrrole nitrogens is 1. The maximum absolute atomic E-state index is 5.15. The van der Waals surface area contributed by atoms with Crippen molar-refractivity contribution in [1.29, 1.82) is 0 Å². The Morgan fingerprint density at radius 3 is 2.95 bits per heavy atom. The van der Waals surface area contributed by atoms with E-state index >= 15 is 0 Å². The number of fused-ring (bicyclic) bond motifs is 2. The number of aromatic amines is 1. The third-order valence-electron chi connectivity index (χ3n) is 4.74. The van der Waals surface area contributed by atoms with E-state index in [0.29, 0.717) is 18.0 Å². The number of nitrogens with one attached hydrogen (secondary N) is 2. The number of nitrogens with zero attached hydrogens (tertiary/aromatic N) is 2. The number of rotatable bonds is 2. The molecule has 5 nitrogen and oxygen atoms in total. The molecule has 0 bridgehead atoms. The number of aromatic nitrogens is 3. The van der Waals surface area contributed by atoms with E-state index in [1.807, 2.05) is 12.1 Å². The Hall–Kier alpha value is -1.62. The lowest BCUT2D eigenvalue weighted by Crippen LogP contribution is -2.30. The van der Waals surface area contributed by atoms with E-state index < -0.39 is 0 Å². The highest BCUT2D eigenvalue weighted by Crippen LogP contribution is 2.38. The summed E-state index contributed by atoms with van der Waals surface area (Å²) in [5, 5.41) is 3.75. The summed E-state index contributed by atoms with van der Waals surface area (Å²) in [5.74, 6) is 2.46. The van der Waals surface area contributed by atoms with E-state index in [9.17, 15) is 0 Å². The van der Waals surface area contributed by atoms with Crippen LogP contribution in [0.15, 0.2) is 12.1 Å². The Morgan fingerprint density at radius 2 is 2.10 bits per heavy atom. The number of ether oxygens (including phenoxy) is 1. The topological polar surface area (TPSA) is 62.8 Å². The van der Waals surface area contributed by atoms with Gasteiger partial charge in [0.15, 0.2) is 5.65 Å². The summed E-state index contributed by atoms with van der Waals surface area (Å²) in [6.07, 6.45) is 6.61. The smallest absolute Gasteiger partial charge is 0.215 e. The minimum Gasteiger partial charge on any atom is -0.481 e. The first-order valence-electron chi connectivity index (χ1n) is 7.50. The van der Waals surface area contributed by atoms with Crippen LogP contribution in [0.2, 0.25) is 0 Å². The highest BCUT2D eigenvalue weighted by Gasteiger charge is 2.36. The fraction of sp³-hybridized carbons (Fsp3) is 0.600. The van der Waals surface area contributed by atoms with Gasteiger partial charge in [-0.15, -0.1) is 0 Å². The summed E-state index contributed by atoms with van der Waals surface area (Å²) in [7, 11) is 1.63. The van der Waals surface area contributed by atoms with Crippen molar-refractivity contribution in [1.82, 2.24) is 20.3 Å². The van der Waals surface area contributed by atoms with Crippen LogP contribution in [-0.2, 0) is 0 Å². The van der Waals surface area contributed by atoms with Gasteiger partial charge in [-0.25, -0.2) is 4.98 Å². The van der Waals surface area contributed by atoms with E-state index in [4.69, 9.17) is 4.74 Å². The molecule has 106 valence electrons. The molecule has 2 N–H and O–H groups in total. The van der Waals surface area contributed by atoms with Gasteiger partial charge in [0.2, 0.25) is 5.88 Å². The molecule has 3 heterocycles. The molecule has 0 radical (unpaired) electrons. The lowest BCUT2D eigenvalue weighted by atomic mass is 9.85. The third kappa shape index (κ3) is 1.97. The lowest BCUT2D eigenvalue weighted by Gasteiger charge is -2.24. The SMILES string of the molecule is COc1ccc2[nH]c(C3CC4CCCCC4N3)nc2n1. The van der Waals surface area contributed by atoms with Gasteiger partial charge in [-0.1, -0.05) is 12.8 Å². The predicted molar refractivity (Wildman–Crippen MR) is 76.7 cm³/mol. The van der Waals surface area contributed by atoms with Gasteiger partial charge in [0, 0.05) is 12.1 Å². The molecule has 3 atom stereocenters. The second-order valence-electron chi connectivity index (χ2n) is 5.95. The zero-order chi connectivity index (χ0) is 13.5. The molecule has 5 heteroatoms. The second-order valence-corrected chi connectivity index (χ2v) is 5.95. The average Bonchev–Trinajstić information content (AvgIpc) is 3.09. The molecule has 20 heavy (non-hydrogen) atoms. The van der Waals surface area contributed by atoms with E-state index in [-0.39, 0.29) is 0 Å².